The van der Waals surface area contributed by atoms with Crippen molar-refractivity contribution in [1.82, 2.24) is 4.98 Å². The third-order valence-corrected chi connectivity index (χ3v) is 2.40. The Balaban J connectivity index is 2.35. The second-order valence-corrected chi connectivity index (χ2v) is 3.70. The summed E-state index contributed by atoms with van der Waals surface area (Å²) in [5.74, 6) is 0.145. The van der Waals surface area contributed by atoms with Crippen LogP contribution in [-0.2, 0) is 0 Å². The normalized spacial score (nSPS) is 11.1. The number of nitrogens with zero attached hydrogens (tertiary/aromatic N) is 3. The van der Waals surface area contributed by atoms with Crippen LogP contribution in [0.25, 0.3) is 0 Å². The van der Waals surface area contributed by atoms with E-state index in [1.807, 2.05) is 0 Å². The van der Waals surface area contributed by atoms with Crippen molar-refractivity contribution in [3.8, 4) is 11.6 Å². The first-order chi connectivity index (χ1) is 9.61. The Morgan fingerprint density at radius 1 is 1.40 bits per heavy atom. The number of nitro benzene ring substituents is 1. The van der Waals surface area contributed by atoms with Gasteiger partial charge in [0.1, 0.15) is 5.75 Å². The molecule has 3 N–H and O–H groups in total. The summed E-state index contributed by atoms with van der Waals surface area (Å²) in [4.78, 5) is 14.1. The number of non-ortho nitro benzene ring substituents is 1. The number of benzene rings is 1. The first kappa shape index (κ1) is 13.3. The van der Waals surface area contributed by atoms with Crippen LogP contribution in [0.3, 0.4) is 0 Å². The summed E-state index contributed by atoms with van der Waals surface area (Å²) in [6, 6.07) is 8.76. The molecule has 20 heavy (non-hydrogen) atoms. The van der Waals surface area contributed by atoms with E-state index in [1.165, 1.54) is 30.5 Å². The van der Waals surface area contributed by atoms with Crippen LogP contribution in [0, 0.1) is 10.1 Å². The number of pyridine rings is 1. The first-order valence-corrected chi connectivity index (χ1v) is 5.47. The third-order valence-electron chi connectivity index (χ3n) is 2.40. The van der Waals surface area contributed by atoms with Crippen LogP contribution < -0.4 is 10.5 Å². The largest absolute Gasteiger partial charge is 0.438 e. The van der Waals surface area contributed by atoms with E-state index in [2.05, 4.69) is 10.1 Å². The van der Waals surface area contributed by atoms with E-state index in [0.717, 1.165) is 0 Å². The average molecular weight is 274 g/mol. The van der Waals surface area contributed by atoms with Gasteiger partial charge >= 0.3 is 0 Å². The Bertz CT molecular complexity index is 672. The number of oxime groups is 1. The summed E-state index contributed by atoms with van der Waals surface area (Å²) in [6.07, 6.45) is 1.46. The van der Waals surface area contributed by atoms with Gasteiger partial charge in [-0.1, -0.05) is 11.2 Å². The van der Waals surface area contributed by atoms with Crippen molar-refractivity contribution >= 4 is 11.5 Å². The molecule has 8 nitrogen and oxygen atoms in total. The van der Waals surface area contributed by atoms with E-state index in [0.29, 0.717) is 0 Å². The van der Waals surface area contributed by atoms with Gasteiger partial charge in [-0.15, -0.1) is 0 Å². The Hall–Kier alpha value is -3.16. The molecule has 102 valence electrons. The fraction of sp³-hybridized carbons (Fsp3) is 0. The maximum absolute atomic E-state index is 10.7. The lowest BCUT2D eigenvalue weighted by Gasteiger charge is -2.08. The summed E-state index contributed by atoms with van der Waals surface area (Å²) in [5, 5.41) is 22.2. The number of rotatable bonds is 4. The van der Waals surface area contributed by atoms with Gasteiger partial charge in [-0.3, -0.25) is 10.1 Å². The molecule has 0 saturated heterocycles. The molecule has 0 amide bonds. The van der Waals surface area contributed by atoms with Crippen LogP contribution in [0.1, 0.15) is 5.56 Å². The molecule has 0 bridgehead atoms. The summed E-state index contributed by atoms with van der Waals surface area (Å²) in [6.45, 7) is 0. The summed E-state index contributed by atoms with van der Waals surface area (Å²) in [7, 11) is 0. The molecule has 0 fully saturated rings. The minimum Gasteiger partial charge on any atom is -0.438 e. The second-order valence-electron chi connectivity index (χ2n) is 3.70. The highest BCUT2D eigenvalue weighted by Gasteiger charge is 2.12. The quantitative estimate of drug-likeness (QED) is 0.288. The average Bonchev–Trinajstić information content (AvgIpc) is 2.47. The van der Waals surface area contributed by atoms with Crippen molar-refractivity contribution in [2.24, 2.45) is 10.9 Å². The number of hydrogen-bond acceptors (Lipinski definition) is 6. The van der Waals surface area contributed by atoms with Gasteiger partial charge in [0, 0.05) is 12.3 Å². The predicted octanol–water partition coefficient (Wildman–Crippen LogP) is 1.88. The van der Waals surface area contributed by atoms with Gasteiger partial charge in [0.2, 0.25) is 5.88 Å². The second kappa shape index (κ2) is 5.65. The van der Waals surface area contributed by atoms with Gasteiger partial charge in [0.25, 0.3) is 5.69 Å². The zero-order chi connectivity index (χ0) is 14.5. The smallest absolute Gasteiger partial charge is 0.273 e. The number of hydrogen-bond donors (Lipinski definition) is 2. The van der Waals surface area contributed by atoms with Gasteiger partial charge in [-0.2, -0.15) is 0 Å². The highest BCUT2D eigenvalue weighted by molar-refractivity contribution is 5.99. The maximum atomic E-state index is 10.7. The van der Waals surface area contributed by atoms with E-state index in [4.69, 9.17) is 15.7 Å². The molecule has 8 heteroatoms. The molecule has 1 aromatic heterocycles. The molecule has 1 heterocycles. The van der Waals surface area contributed by atoms with Crippen molar-refractivity contribution in [2.75, 3.05) is 0 Å². The van der Waals surface area contributed by atoms with E-state index >= 15 is 0 Å². The van der Waals surface area contributed by atoms with Crippen molar-refractivity contribution in [1.29, 1.82) is 0 Å². The molecule has 2 aromatic rings. The van der Waals surface area contributed by atoms with Crippen molar-refractivity contribution in [2.45, 2.75) is 0 Å². The number of ether oxygens (including phenoxy) is 1. The molecule has 0 unspecified atom stereocenters. The third kappa shape index (κ3) is 2.80. The van der Waals surface area contributed by atoms with E-state index < -0.39 is 4.92 Å². The van der Waals surface area contributed by atoms with Gasteiger partial charge in [-0.05, 0) is 18.2 Å². The van der Waals surface area contributed by atoms with E-state index in [1.54, 1.807) is 12.1 Å². The molecular formula is C12H10N4O4. The Morgan fingerprint density at radius 2 is 2.20 bits per heavy atom. The number of nitrogens with two attached hydrogens (primary N) is 1. The minimum atomic E-state index is -0.532. The lowest BCUT2D eigenvalue weighted by molar-refractivity contribution is -0.384. The van der Waals surface area contributed by atoms with Crippen LogP contribution in [0.2, 0.25) is 0 Å². The Labute approximate surface area is 113 Å². The molecule has 0 aliphatic heterocycles. The molecule has 0 radical (unpaired) electrons. The highest BCUT2D eigenvalue weighted by atomic mass is 16.6. The Morgan fingerprint density at radius 3 is 2.90 bits per heavy atom. The molecule has 0 aliphatic carbocycles. The summed E-state index contributed by atoms with van der Waals surface area (Å²) in [5.41, 5.74) is 5.67. The van der Waals surface area contributed by atoms with Crippen LogP contribution >= 0.6 is 0 Å². The lowest BCUT2D eigenvalue weighted by Crippen LogP contribution is -2.14. The van der Waals surface area contributed by atoms with E-state index in [9.17, 15) is 10.1 Å². The van der Waals surface area contributed by atoms with E-state index in [-0.39, 0.29) is 28.7 Å². The number of nitro groups is 1. The Kier molecular flexibility index (Phi) is 3.75. The SMILES string of the molecule is N/C(=N\O)c1cccnc1Oc1cccc([N+](=O)[O-])c1. The molecular weight excluding hydrogens is 264 g/mol. The van der Waals surface area contributed by atoms with Crippen molar-refractivity contribution in [3.63, 3.8) is 0 Å². The van der Waals surface area contributed by atoms with Crippen LogP contribution in [0.4, 0.5) is 5.69 Å². The van der Waals surface area contributed by atoms with Gasteiger partial charge in [0.15, 0.2) is 5.84 Å². The van der Waals surface area contributed by atoms with Gasteiger partial charge in [-0.25, -0.2) is 4.98 Å². The fourth-order valence-corrected chi connectivity index (χ4v) is 1.49. The summed E-state index contributed by atoms with van der Waals surface area (Å²) >= 11 is 0. The molecule has 0 spiro atoms. The molecule has 0 atom stereocenters. The maximum Gasteiger partial charge on any atom is 0.273 e. The van der Waals surface area contributed by atoms with Gasteiger partial charge < -0.3 is 15.7 Å². The number of amidine groups is 1. The fourth-order valence-electron chi connectivity index (χ4n) is 1.49. The first-order valence-electron chi connectivity index (χ1n) is 5.47. The monoisotopic (exact) mass is 274 g/mol. The molecule has 0 aliphatic rings. The van der Waals surface area contributed by atoms with Crippen LogP contribution in [-0.4, -0.2) is 21.0 Å². The van der Waals surface area contributed by atoms with Gasteiger partial charge in [0.05, 0.1) is 16.6 Å². The standard InChI is InChI=1S/C12H10N4O4/c13-11(15-17)10-5-2-6-14-12(10)20-9-4-1-3-8(7-9)16(18)19/h1-7,17H,(H2,13,15). The molecule has 1 aromatic carbocycles. The van der Waals surface area contributed by atoms with Crippen LogP contribution in [0.15, 0.2) is 47.8 Å². The van der Waals surface area contributed by atoms with Crippen molar-refractivity contribution < 1.29 is 14.9 Å². The van der Waals surface area contributed by atoms with Crippen LogP contribution in [0.5, 0.6) is 11.6 Å². The number of aromatic nitrogens is 1. The summed E-state index contributed by atoms with van der Waals surface area (Å²) < 4.78 is 5.44. The highest BCUT2D eigenvalue weighted by Crippen LogP contribution is 2.25. The zero-order valence-corrected chi connectivity index (χ0v) is 10.1. The minimum absolute atomic E-state index is 0.0864. The van der Waals surface area contributed by atoms with Crippen molar-refractivity contribution in [3.05, 3.63) is 58.3 Å². The molecule has 2 rings (SSSR count). The zero-order valence-electron chi connectivity index (χ0n) is 10.1. The predicted molar refractivity (Wildman–Crippen MR) is 69.9 cm³/mol. The topological polar surface area (TPSA) is 124 Å². The lowest BCUT2D eigenvalue weighted by atomic mass is 10.2. The molecule has 0 saturated carbocycles.